The number of hydrogen-bond donors (Lipinski definition) is 1. The average Bonchev–Trinajstić information content (AvgIpc) is 2.80. The first kappa shape index (κ1) is 23.4. The van der Waals surface area contributed by atoms with E-state index in [1.165, 1.54) is 4.31 Å². The van der Waals surface area contributed by atoms with Crippen molar-refractivity contribution < 1.29 is 13.2 Å². The molecule has 1 amide bonds. The number of hydrogen-bond acceptors (Lipinski definition) is 4. The van der Waals surface area contributed by atoms with Crippen molar-refractivity contribution in [2.45, 2.75) is 37.5 Å². The van der Waals surface area contributed by atoms with Crippen molar-refractivity contribution in [3.8, 4) is 0 Å². The van der Waals surface area contributed by atoms with Crippen LogP contribution in [0.25, 0.3) is 0 Å². The quantitative estimate of drug-likeness (QED) is 0.647. The molecule has 0 atom stereocenters. The van der Waals surface area contributed by atoms with E-state index < -0.39 is 10.0 Å². The molecule has 6 nitrogen and oxygen atoms in total. The van der Waals surface area contributed by atoms with Crippen LogP contribution in [0.4, 0.5) is 0 Å². The number of carbonyl (C=O) groups excluding carboxylic acids is 1. The third-order valence-corrected chi connectivity index (χ3v) is 7.63. The van der Waals surface area contributed by atoms with Gasteiger partial charge < -0.3 is 10.2 Å². The van der Waals surface area contributed by atoms with Crippen molar-refractivity contribution in [2.75, 3.05) is 39.3 Å². The van der Waals surface area contributed by atoms with Gasteiger partial charge in [-0.1, -0.05) is 56.3 Å². The zero-order valence-electron chi connectivity index (χ0n) is 18.5. The van der Waals surface area contributed by atoms with Gasteiger partial charge in [0.05, 0.1) is 4.90 Å². The van der Waals surface area contributed by atoms with Crippen LogP contribution in [0.2, 0.25) is 0 Å². The van der Waals surface area contributed by atoms with Gasteiger partial charge in [-0.15, -0.1) is 0 Å². The summed E-state index contributed by atoms with van der Waals surface area (Å²) in [5.41, 5.74) is 2.18. The van der Waals surface area contributed by atoms with Crippen LogP contribution in [0.3, 0.4) is 0 Å². The molecule has 0 bridgehead atoms. The lowest BCUT2D eigenvalue weighted by Crippen LogP contribution is -2.47. The summed E-state index contributed by atoms with van der Waals surface area (Å²) < 4.78 is 28.3. The van der Waals surface area contributed by atoms with Gasteiger partial charge in [0.15, 0.2) is 0 Å². The van der Waals surface area contributed by atoms with Crippen LogP contribution in [0, 0.1) is 0 Å². The molecule has 0 saturated carbocycles. The molecular formula is C24H33N3O3S. The number of piperazine rings is 1. The Morgan fingerprint density at radius 3 is 2.26 bits per heavy atom. The van der Waals surface area contributed by atoms with Crippen LogP contribution in [0.5, 0.6) is 0 Å². The zero-order valence-corrected chi connectivity index (χ0v) is 19.3. The maximum absolute atomic E-state index is 13.4. The summed E-state index contributed by atoms with van der Waals surface area (Å²) in [5, 5.41) is 3.23. The fourth-order valence-electron chi connectivity index (χ4n) is 3.72. The number of nitrogens with zero attached hydrogens (tertiary/aromatic N) is 2. The van der Waals surface area contributed by atoms with Crippen molar-refractivity contribution in [1.82, 2.24) is 14.5 Å². The van der Waals surface area contributed by atoms with E-state index in [0.29, 0.717) is 32.0 Å². The van der Waals surface area contributed by atoms with E-state index in [2.05, 4.69) is 19.2 Å². The normalized spacial score (nSPS) is 14.9. The molecular weight excluding hydrogens is 410 g/mol. The molecule has 0 unspecified atom stereocenters. The van der Waals surface area contributed by atoms with Gasteiger partial charge in [-0.2, -0.15) is 4.31 Å². The maximum Gasteiger partial charge on any atom is 0.243 e. The van der Waals surface area contributed by atoms with Gasteiger partial charge in [-0.25, -0.2) is 8.42 Å². The lowest BCUT2D eigenvalue weighted by Gasteiger charge is -2.29. The predicted molar refractivity (Wildman–Crippen MR) is 124 cm³/mol. The number of nitrogens with one attached hydrogen (secondary N) is 1. The molecule has 2 aromatic rings. The Kier molecular flexibility index (Phi) is 8.23. The highest BCUT2D eigenvalue weighted by Crippen LogP contribution is 2.21. The Hall–Kier alpha value is -2.22. The Morgan fingerprint density at radius 2 is 1.65 bits per heavy atom. The summed E-state index contributed by atoms with van der Waals surface area (Å²) in [6, 6.07) is 16.9. The third-order valence-electron chi connectivity index (χ3n) is 5.72. The molecule has 1 heterocycles. The van der Waals surface area contributed by atoms with Crippen molar-refractivity contribution >= 4 is 15.9 Å². The molecule has 1 N–H and O–H groups in total. The zero-order chi connectivity index (χ0) is 22.3. The second-order valence-corrected chi connectivity index (χ2v) is 10.2. The van der Waals surface area contributed by atoms with E-state index >= 15 is 0 Å². The molecule has 1 aliphatic rings. The van der Waals surface area contributed by atoms with Crippen LogP contribution < -0.4 is 5.32 Å². The topological polar surface area (TPSA) is 69.7 Å². The molecule has 168 valence electrons. The van der Waals surface area contributed by atoms with Gasteiger partial charge in [0.2, 0.25) is 15.9 Å². The number of rotatable bonds is 9. The summed E-state index contributed by atoms with van der Waals surface area (Å²) in [4.78, 5) is 14.7. The fourth-order valence-corrected chi connectivity index (χ4v) is 5.16. The minimum absolute atomic E-state index is 0.0107. The lowest BCUT2D eigenvalue weighted by atomic mass is 10.0. The number of amides is 1. The van der Waals surface area contributed by atoms with Crippen LogP contribution in [0.1, 0.15) is 37.3 Å². The molecule has 1 aliphatic heterocycles. The maximum atomic E-state index is 13.4. The molecule has 1 saturated heterocycles. The first-order valence-electron chi connectivity index (χ1n) is 11.0. The molecule has 0 aromatic heterocycles. The number of sulfonamides is 1. The largest absolute Gasteiger partial charge is 0.340 e. The van der Waals surface area contributed by atoms with Crippen LogP contribution >= 0.6 is 0 Å². The van der Waals surface area contributed by atoms with Gasteiger partial charge >= 0.3 is 0 Å². The molecule has 2 aromatic carbocycles. The SMILES string of the molecule is CC(C)c1ccc(S(=O)(=O)N(CCC(=O)N2CCNCC2)CCc2ccccc2)cc1. The van der Waals surface area contributed by atoms with Crippen molar-refractivity contribution in [1.29, 1.82) is 0 Å². The van der Waals surface area contributed by atoms with Gasteiger partial charge in [0.25, 0.3) is 0 Å². The smallest absolute Gasteiger partial charge is 0.243 e. The lowest BCUT2D eigenvalue weighted by molar-refractivity contribution is -0.131. The van der Waals surface area contributed by atoms with E-state index in [1.54, 1.807) is 12.1 Å². The molecule has 31 heavy (non-hydrogen) atoms. The first-order valence-corrected chi connectivity index (χ1v) is 12.4. The Balaban J connectivity index is 1.75. The van der Waals surface area contributed by atoms with E-state index in [1.807, 2.05) is 47.4 Å². The van der Waals surface area contributed by atoms with Gasteiger partial charge in [0, 0.05) is 45.7 Å². The molecule has 1 fully saturated rings. The van der Waals surface area contributed by atoms with Crippen molar-refractivity contribution in [3.63, 3.8) is 0 Å². The van der Waals surface area contributed by atoms with Crippen molar-refractivity contribution in [3.05, 3.63) is 65.7 Å². The summed E-state index contributed by atoms with van der Waals surface area (Å²) in [6.45, 7) is 7.60. The second-order valence-electron chi connectivity index (χ2n) is 8.24. The minimum Gasteiger partial charge on any atom is -0.340 e. The predicted octanol–water partition coefficient (Wildman–Crippen LogP) is 2.87. The second kappa shape index (κ2) is 10.9. The number of benzene rings is 2. The minimum atomic E-state index is -3.69. The Labute approximate surface area is 186 Å². The van der Waals surface area contributed by atoms with Crippen molar-refractivity contribution in [2.24, 2.45) is 0 Å². The van der Waals surface area contributed by atoms with Gasteiger partial charge in [0.1, 0.15) is 0 Å². The van der Waals surface area contributed by atoms with E-state index in [-0.39, 0.29) is 23.8 Å². The van der Waals surface area contributed by atoms with Crippen LogP contribution in [-0.2, 0) is 21.2 Å². The van der Waals surface area contributed by atoms with E-state index in [4.69, 9.17) is 0 Å². The molecule has 0 spiro atoms. The fraction of sp³-hybridized carbons (Fsp3) is 0.458. The van der Waals surface area contributed by atoms with Gasteiger partial charge in [-0.3, -0.25) is 4.79 Å². The summed E-state index contributed by atoms with van der Waals surface area (Å²) >= 11 is 0. The molecule has 0 aliphatic carbocycles. The highest BCUT2D eigenvalue weighted by molar-refractivity contribution is 7.89. The van der Waals surface area contributed by atoms with E-state index in [0.717, 1.165) is 24.2 Å². The van der Waals surface area contributed by atoms with Crippen LogP contribution in [0.15, 0.2) is 59.5 Å². The molecule has 7 heteroatoms. The molecule has 3 rings (SSSR count). The Bertz CT molecular complexity index is 938. The highest BCUT2D eigenvalue weighted by Gasteiger charge is 2.26. The highest BCUT2D eigenvalue weighted by atomic mass is 32.2. The average molecular weight is 444 g/mol. The summed E-state index contributed by atoms with van der Waals surface area (Å²) in [7, 11) is -3.69. The van der Waals surface area contributed by atoms with E-state index in [9.17, 15) is 13.2 Å². The first-order chi connectivity index (χ1) is 14.9. The van der Waals surface area contributed by atoms with Crippen LogP contribution in [-0.4, -0.2) is 62.8 Å². The van der Waals surface area contributed by atoms with Gasteiger partial charge in [-0.05, 0) is 35.6 Å². The monoisotopic (exact) mass is 443 g/mol. The summed E-state index contributed by atoms with van der Waals surface area (Å²) in [6.07, 6.45) is 0.796. The Morgan fingerprint density at radius 1 is 1.00 bits per heavy atom. The molecule has 0 radical (unpaired) electrons. The standard InChI is InChI=1S/C24H33N3O3S/c1-20(2)22-8-10-23(11-9-22)31(29,30)27(16-12-21-6-4-3-5-7-21)17-13-24(28)26-18-14-25-15-19-26/h3-11,20,25H,12-19H2,1-2H3. The third kappa shape index (κ3) is 6.38. The number of carbonyl (C=O) groups is 1. The summed E-state index contributed by atoms with van der Waals surface area (Å²) in [5.74, 6) is 0.346.